The number of carbonyl (C=O) groups is 2. The first-order chi connectivity index (χ1) is 16.6. The van der Waals surface area contributed by atoms with Crippen molar-refractivity contribution < 1.29 is 22.7 Å². The molecule has 4 rings (SSSR count). The molecule has 2 aromatic rings. The van der Waals surface area contributed by atoms with E-state index in [4.69, 9.17) is 17.4 Å². The fourth-order valence-electron chi connectivity index (χ4n) is 5.65. The SMILES string of the molecule is CCOC(=O)CC1CC2(CCN(C(=O)NCc3ccccc3S(C)(=O)=O)CC2)c2c(S)cccc21. The van der Waals surface area contributed by atoms with Crippen molar-refractivity contribution in [1.82, 2.24) is 10.2 Å². The molecule has 1 unspecified atom stereocenters. The van der Waals surface area contributed by atoms with E-state index in [-0.39, 0.29) is 34.8 Å². The summed E-state index contributed by atoms with van der Waals surface area (Å²) < 4.78 is 29.3. The number of fused-ring (bicyclic) bond motifs is 2. The highest BCUT2D eigenvalue weighted by Gasteiger charge is 2.47. The van der Waals surface area contributed by atoms with Crippen LogP contribution in [0.4, 0.5) is 4.79 Å². The lowest BCUT2D eigenvalue weighted by Crippen LogP contribution is -2.48. The van der Waals surface area contributed by atoms with Crippen LogP contribution in [-0.4, -0.2) is 51.3 Å². The van der Waals surface area contributed by atoms with Crippen LogP contribution in [0.25, 0.3) is 0 Å². The molecule has 0 radical (unpaired) electrons. The van der Waals surface area contributed by atoms with Crippen molar-refractivity contribution in [3.05, 3.63) is 59.2 Å². The molecule has 188 valence electrons. The minimum absolute atomic E-state index is 0.0871. The molecule has 7 nitrogen and oxygen atoms in total. The van der Waals surface area contributed by atoms with Gasteiger partial charge in [0.05, 0.1) is 17.9 Å². The number of carbonyl (C=O) groups excluding carboxylic acids is 2. The van der Waals surface area contributed by atoms with E-state index < -0.39 is 9.84 Å². The van der Waals surface area contributed by atoms with Crippen LogP contribution in [0.15, 0.2) is 52.3 Å². The molecular weight excluding hydrogens is 484 g/mol. The molecule has 1 atom stereocenters. The molecule has 1 N–H and O–H groups in total. The molecule has 1 saturated heterocycles. The number of piperidine rings is 1. The van der Waals surface area contributed by atoms with E-state index in [2.05, 4.69) is 11.4 Å². The number of urea groups is 1. The Morgan fingerprint density at radius 1 is 1.14 bits per heavy atom. The monoisotopic (exact) mass is 516 g/mol. The largest absolute Gasteiger partial charge is 0.466 e. The van der Waals surface area contributed by atoms with E-state index >= 15 is 0 Å². The summed E-state index contributed by atoms with van der Waals surface area (Å²) in [6, 6.07) is 12.6. The molecule has 1 aliphatic carbocycles. The van der Waals surface area contributed by atoms with Crippen LogP contribution < -0.4 is 5.32 Å². The van der Waals surface area contributed by atoms with Crippen LogP contribution >= 0.6 is 12.6 Å². The average Bonchev–Trinajstić information content (AvgIpc) is 3.11. The number of benzene rings is 2. The topological polar surface area (TPSA) is 92.8 Å². The summed E-state index contributed by atoms with van der Waals surface area (Å²) in [6.45, 7) is 3.48. The van der Waals surface area contributed by atoms with E-state index in [1.807, 2.05) is 19.1 Å². The number of rotatable bonds is 6. The summed E-state index contributed by atoms with van der Waals surface area (Å²) in [4.78, 5) is 28.1. The number of amides is 2. The molecule has 1 aliphatic heterocycles. The van der Waals surface area contributed by atoms with Crippen LogP contribution in [-0.2, 0) is 31.3 Å². The van der Waals surface area contributed by atoms with Gasteiger partial charge >= 0.3 is 12.0 Å². The van der Waals surface area contributed by atoms with Gasteiger partial charge in [0.1, 0.15) is 0 Å². The molecule has 2 aromatic carbocycles. The summed E-state index contributed by atoms with van der Waals surface area (Å²) in [6.07, 6.45) is 3.93. The number of hydrogen-bond acceptors (Lipinski definition) is 6. The lowest BCUT2D eigenvalue weighted by atomic mass is 9.73. The number of hydrogen-bond donors (Lipinski definition) is 2. The molecule has 1 heterocycles. The lowest BCUT2D eigenvalue weighted by Gasteiger charge is -2.40. The van der Waals surface area contributed by atoms with Gasteiger partial charge in [0.15, 0.2) is 9.84 Å². The molecular formula is C26H32N2O5S2. The summed E-state index contributed by atoms with van der Waals surface area (Å²) in [7, 11) is -3.38. The smallest absolute Gasteiger partial charge is 0.317 e. The van der Waals surface area contributed by atoms with E-state index in [0.29, 0.717) is 31.7 Å². The maximum absolute atomic E-state index is 12.9. The number of sulfone groups is 1. The van der Waals surface area contributed by atoms with E-state index in [9.17, 15) is 18.0 Å². The fourth-order valence-corrected chi connectivity index (χ4v) is 7.04. The summed E-state index contributed by atoms with van der Waals surface area (Å²) >= 11 is 4.76. The summed E-state index contributed by atoms with van der Waals surface area (Å²) in [5.41, 5.74) is 2.83. The molecule has 0 bridgehead atoms. The standard InChI is InChI=1S/C26H32N2O5S2/c1-3-33-23(29)15-19-16-26(24-20(19)8-6-9-21(24)34)11-13-28(14-12-26)25(30)27-17-18-7-4-5-10-22(18)35(2,31)32/h4-10,19,34H,3,11-17H2,1-2H3,(H,27,30). The zero-order valence-corrected chi connectivity index (χ0v) is 21.8. The van der Waals surface area contributed by atoms with E-state index in [0.717, 1.165) is 24.2 Å². The number of esters is 1. The van der Waals surface area contributed by atoms with Crippen molar-refractivity contribution in [2.45, 2.75) is 60.3 Å². The Morgan fingerprint density at radius 3 is 2.54 bits per heavy atom. The van der Waals surface area contributed by atoms with Gasteiger partial charge in [-0.1, -0.05) is 30.3 Å². The van der Waals surface area contributed by atoms with Gasteiger partial charge in [-0.15, -0.1) is 12.6 Å². The van der Waals surface area contributed by atoms with Crippen molar-refractivity contribution in [3.63, 3.8) is 0 Å². The van der Waals surface area contributed by atoms with Gasteiger partial charge in [0.25, 0.3) is 0 Å². The van der Waals surface area contributed by atoms with Crippen molar-refractivity contribution in [1.29, 1.82) is 0 Å². The maximum Gasteiger partial charge on any atom is 0.317 e. The second-order valence-electron chi connectivity index (χ2n) is 9.46. The van der Waals surface area contributed by atoms with Crippen LogP contribution in [0.1, 0.15) is 55.2 Å². The van der Waals surface area contributed by atoms with Crippen LogP contribution in [0, 0.1) is 0 Å². The summed E-state index contributed by atoms with van der Waals surface area (Å²) in [5.74, 6) is -0.0970. The molecule has 0 aromatic heterocycles. The zero-order valence-electron chi connectivity index (χ0n) is 20.1. The minimum Gasteiger partial charge on any atom is -0.466 e. The van der Waals surface area contributed by atoms with Crippen molar-refractivity contribution in [3.8, 4) is 0 Å². The van der Waals surface area contributed by atoms with E-state index in [1.54, 1.807) is 29.2 Å². The second-order valence-corrected chi connectivity index (χ2v) is 11.9. The van der Waals surface area contributed by atoms with Crippen molar-refractivity contribution >= 4 is 34.5 Å². The van der Waals surface area contributed by atoms with Crippen LogP contribution in [0.2, 0.25) is 0 Å². The van der Waals surface area contributed by atoms with Gasteiger partial charge in [-0.05, 0) is 60.9 Å². The molecule has 1 spiro atoms. The quantitative estimate of drug-likeness (QED) is 0.446. The van der Waals surface area contributed by atoms with Gasteiger partial charge < -0.3 is 15.0 Å². The molecule has 1 fully saturated rings. The van der Waals surface area contributed by atoms with Gasteiger partial charge in [-0.2, -0.15) is 0 Å². The molecule has 35 heavy (non-hydrogen) atoms. The Balaban J connectivity index is 1.44. The normalized spacial score (nSPS) is 18.8. The Kier molecular flexibility index (Phi) is 7.47. The van der Waals surface area contributed by atoms with E-state index in [1.165, 1.54) is 17.4 Å². The predicted molar refractivity (Wildman–Crippen MR) is 137 cm³/mol. The van der Waals surface area contributed by atoms with Gasteiger partial charge in [0.2, 0.25) is 0 Å². The Bertz CT molecular complexity index is 1220. The molecule has 9 heteroatoms. The van der Waals surface area contributed by atoms with Crippen LogP contribution in [0.5, 0.6) is 0 Å². The van der Waals surface area contributed by atoms with Gasteiger partial charge in [0, 0.05) is 36.2 Å². The highest BCUT2D eigenvalue weighted by Crippen LogP contribution is 2.54. The van der Waals surface area contributed by atoms with Crippen LogP contribution in [0.3, 0.4) is 0 Å². The third-order valence-corrected chi connectivity index (χ3v) is 8.78. The lowest BCUT2D eigenvalue weighted by molar-refractivity contribution is -0.143. The zero-order chi connectivity index (χ0) is 25.2. The number of thiol groups is 1. The minimum atomic E-state index is -3.38. The third-order valence-electron chi connectivity index (χ3n) is 7.21. The molecule has 0 saturated carbocycles. The number of nitrogens with zero attached hydrogens (tertiary/aromatic N) is 1. The highest BCUT2D eigenvalue weighted by atomic mass is 32.2. The van der Waals surface area contributed by atoms with Gasteiger partial charge in [-0.25, -0.2) is 13.2 Å². The third kappa shape index (κ3) is 5.35. The fraction of sp³-hybridized carbons (Fsp3) is 0.462. The first kappa shape index (κ1) is 25.6. The maximum atomic E-state index is 12.9. The first-order valence-corrected chi connectivity index (χ1v) is 14.3. The Hall–Kier alpha value is -2.52. The number of ether oxygens (including phenoxy) is 1. The van der Waals surface area contributed by atoms with Gasteiger partial charge in [-0.3, -0.25) is 4.79 Å². The second kappa shape index (κ2) is 10.2. The Morgan fingerprint density at radius 2 is 1.86 bits per heavy atom. The average molecular weight is 517 g/mol. The predicted octanol–water partition coefficient (Wildman–Crippen LogP) is 4.06. The molecule has 2 aliphatic rings. The Labute approximate surface area is 212 Å². The molecule has 2 amide bonds. The highest BCUT2D eigenvalue weighted by molar-refractivity contribution is 7.90. The summed E-state index contributed by atoms with van der Waals surface area (Å²) in [5, 5.41) is 2.89. The van der Waals surface area contributed by atoms with Crippen molar-refractivity contribution in [2.75, 3.05) is 26.0 Å². The number of nitrogens with one attached hydrogen (secondary N) is 1. The first-order valence-electron chi connectivity index (χ1n) is 11.9. The number of likely N-dealkylation sites (tertiary alicyclic amines) is 1. The van der Waals surface area contributed by atoms with Crippen molar-refractivity contribution in [2.24, 2.45) is 0 Å².